The van der Waals surface area contributed by atoms with Crippen molar-refractivity contribution in [3.05, 3.63) is 34.4 Å². The van der Waals surface area contributed by atoms with Crippen LogP contribution in [-0.2, 0) is 16.1 Å². The molecular weight excluding hydrogens is 244 g/mol. The summed E-state index contributed by atoms with van der Waals surface area (Å²) in [5.41, 5.74) is 9.91. The molecule has 0 aliphatic carbocycles. The van der Waals surface area contributed by atoms with Gasteiger partial charge in [-0.05, 0) is 37.5 Å². The largest absolute Gasteiger partial charge is 0.481 e. The number of hydrogen-bond donors (Lipinski definition) is 3. The van der Waals surface area contributed by atoms with Crippen LogP contribution < -0.4 is 11.1 Å². The highest BCUT2D eigenvalue weighted by molar-refractivity contribution is 5.85. The van der Waals surface area contributed by atoms with Gasteiger partial charge in [0.05, 0.1) is 12.5 Å². The number of benzene rings is 1. The molecule has 1 aromatic rings. The molecule has 0 fully saturated rings. The zero-order valence-corrected chi connectivity index (χ0v) is 11.5. The van der Waals surface area contributed by atoms with E-state index in [1.165, 1.54) is 5.56 Å². The lowest BCUT2D eigenvalue weighted by molar-refractivity contribution is -0.139. The summed E-state index contributed by atoms with van der Waals surface area (Å²) in [6.07, 6.45) is -0.363. The Morgan fingerprint density at radius 3 is 2.26 bits per heavy atom. The van der Waals surface area contributed by atoms with E-state index in [4.69, 9.17) is 10.8 Å². The van der Waals surface area contributed by atoms with Crippen LogP contribution in [0.5, 0.6) is 0 Å². The SMILES string of the molecule is Cc1cc(C)c(CNC(=O)C(N)CC(=O)O)c(C)c1. The van der Waals surface area contributed by atoms with Crippen LogP contribution in [0.3, 0.4) is 0 Å². The van der Waals surface area contributed by atoms with E-state index in [0.29, 0.717) is 6.54 Å². The molecule has 0 bridgehead atoms. The van der Waals surface area contributed by atoms with Crippen molar-refractivity contribution < 1.29 is 14.7 Å². The standard InChI is InChI=1S/C14H20N2O3/c1-8-4-9(2)11(10(3)5-8)7-16-14(19)12(15)6-13(17)18/h4-5,12H,6-7,15H2,1-3H3,(H,16,19)(H,17,18). The lowest BCUT2D eigenvalue weighted by Crippen LogP contribution is -2.41. The molecule has 5 heteroatoms. The number of hydrogen-bond acceptors (Lipinski definition) is 3. The molecular formula is C14H20N2O3. The predicted octanol–water partition coefficient (Wildman–Crippen LogP) is 1.03. The second kappa shape index (κ2) is 6.33. The predicted molar refractivity (Wildman–Crippen MR) is 72.7 cm³/mol. The first-order valence-electron chi connectivity index (χ1n) is 6.13. The van der Waals surface area contributed by atoms with Gasteiger partial charge in [0.15, 0.2) is 0 Å². The smallest absolute Gasteiger partial charge is 0.305 e. The van der Waals surface area contributed by atoms with E-state index >= 15 is 0 Å². The van der Waals surface area contributed by atoms with Crippen molar-refractivity contribution in [2.24, 2.45) is 5.73 Å². The van der Waals surface area contributed by atoms with Crippen molar-refractivity contribution in [1.29, 1.82) is 0 Å². The molecule has 4 N–H and O–H groups in total. The molecule has 19 heavy (non-hydrogen) atoms. The van der Waals surface area contributed by atoms with Gasteiger partial charge in [-0.3, -0.25) is 9.59 Å². The van der Waals surface area contributed by atoms with E-state index in [2.05, 4.69) is 5.32 Å². The Hall–Kier alpha value is -1.88. The fraction of sp³-hybridized carbons (Fsp3) is 0.429. The fourth-order valence-corrected chi connectivity index (χ4v) is 2.08. The highest BCUT2D eigenvalue weighted by Gasteiger charge is 2.17. The maximum Gasteiger partial charge on any atom is 0.305 e. The second-order valence-corrected chi connectivity index (χ2v) is 4.80. The Kier molecular flexibility index (Phi) is 5.06. The topological polar surface area (TPSA) is 92.4 Å². The number of rotatable bonds is 5. The van der Waals surface area contributed by atoms with Crippen LogP contribution in [-0.4, -0.2) is 23.0 Å². The van der Waals surface area contributed by atoms with Gasteiger partial charge >= 0.3 is 5.97 Å². The van der Waals surface area contributed by atoms with Gasteiger partial charge < -0.3 is 16.2 Å². The monoisotopic (exact) mass is 264 g/mol. The molecule has 5 nitrogen and oxygen atoms in total. The number of aryl methyl sites for hydroxylation is 3. The number of carbonyl (C=O) groups is 2. The number of nitrogens with two attached hydrogens (primary N) is 1. The number of amides is 1. The molecule has 0 spiro atoms. The zero-order valence-electron chi connectivity index (χ0n) is 11.5. The molecule has 0 saturated carbocycles. The molecule has 0 aliphatic rings. The molecule has 0 radical (unpaired) electrons. The first-order chi connectivity index (χ1) is 8.81. The van der Waals surface area contributed by atoms with E-state index in [-0.39, 0.29) is 6.42 Å². The Bertz CT molecular complexity index is 474. The summed E-state index contributed by atoms with van der Waals surface area (Å²) in [6.45, 7) is 6.35. The van der Waals surface area contributed by atoms with Gasteiger partial charge in [0, 0.05) is 6.54 Å². The van der Waals surface area contributed by atoms with Crippen molar-refractivity contribution in [3.63, 3.8) is 0 Å². The van der Waals surface area contributed by atoms with E-state index in [1.54, 1.807) is 0 Å². The van der Waals surface area contributed by atoms with Crippen LogP contribution >= 0.6 is 0 Å². The minimum atomic E-state index is -1.08. The maximum absolute atomic E-state index is 11.6. The highest BCUT2D eigenvalue weighted by atomic mass is 16.4. The third kappa shape index (κ3) is 4.37. The van der Waals surface area contributed by atoms with Crippen LogP contribution in [0.15, 0.2) is 12.1 Å². The van der Waals surface area contributed by atoms with Crippen LogP contribution in [0, 0.1) is 20.8 Å². The average Bonchev–Trinajstić information content (AvgIpc) is 2.26. The van der Waals surface area contributed by atoms with Gasteiger partial charge in [-0.2, -0.15) is 0 Å². The number of carbonyl (C=O) groups excluding carboxylic acids is 1. The zero-order chi connectivity index (χ0) is 14.6. The van der Waals surface area contributed by atoms with Gasteiger partial charge in [-0.1, -0.05) is 17.7 Å². The third-order valence-corrected chi connectivity index (χ3v) is 3.01. The number of carboxylic acid groups (broad SMARTS) is 1. The van der Waals surface area contributed by atoms with Gasteiger partial charge in [0.1, 0.15) is 0 Å². The first kappa shape index (κ1) is 15.2. The van der Waals surface area contributed by atoms with Gasteiger partial charge in [0.25, 0.3) is 0 Å². The number of carboxylic acids is 1. The molecule has 1 amide bonds. The molecule has 0 heterocycles. The Morgan fingerprint density at radius 2 is 1.79 bits per heavy atom. The summed E-state index contributed by atoms with van der Waals surface area (Å²) in [5.74, 6) is -1.52. The minimum absolute atomic E-state index is 0.363. The summed E-state index contributed by atoms with van der Waals surface area (Å²) in [5, 5.41) is 11.3. The van der Waals surface area contributed by atoms with E-state index in [9.17, 15) is 9.59 Å². The molecule has 1 rings (SSSR count). The maximum atomic E-state index is 11.6. The van der Waals surface area contributed by atoms with Crippen LogP contribution in [0.2, 0.25) is 0 Å². The van der Waals surface area contributed by atoms with Crippen molar-refractivity contribution in [1.82, 2.24) is 5.32 Å². The number of nitrogens with one attached hydrogen (secondary N) is 1. The van der Waals surface area contributed by atoms with Crippen molar-refractivity contribution >= 4 is 11.9 Å². The summed E-state index contributed by atoms with van der Waals surface area (Å²) >= 11 is 0. The van der Waals surface area contributed by atoms with E-state index in [0.717, 1.165) is 16.7 Å². The molecule has 0 aromatic heterocycles. The summed E-state index contributed by atoms with van der Waals surface area (Å²) in [7, 11) is 0. The van der Waals surface area contributed by atoms with Crippen molar-refractivity contribution in [2.75, 3.05) is 0 Å². The summed E-state index contributed by atoms with van der Waals surface area (Å²) in [4.78, 5) is 22.1. The average molecular weight is 264 g/mol. The first-order valence-corrected chi connectivity index (χ1v) is 6.13. The van der Waals surface area contributed by atoms with Gasteiger partial charge in [-0.25, -0.2) is 0 Å². The summed E-state index contributed by atoms with van der Waals surface area (Å²) in [6, 6.07) is 3.08. The Labute approximate surface area is 112 Å². The molecule has 0 saturated heterocycles. The molecule has 0 aliphatic heterocycles. The van der Waals surface area contributed by atoms with Crippen LogP contribution in [0.25, 0.3) is 0 Å². The van der Waals surface area contributed by atoms with Gasteiger partial charge in [0.2, 0.25) is 5.91 Å². The minimum Gasteiger partial charge on any atom is -0.481 e. The summed E-state index contributed by atoms with van der Waals surface area (Å²) < 4.78 is 0. The van der Waals surface area contributed by atoms with Crippen LogP contribution in [0.4, 0.5) is 0 Å². The molecule has 1 atom stereocenters. The Morgan fingerprint density at radius 1 is 1.26 bits per heavy atom. The van der Waals surface area contributed by atoms with Gasteiger partial charge in [-0.15, -0.1) is 0 Å². The quantitative estimate of drug-likeness (QED) is 0.740. The van der Waals surface area contributed by atoms with E-state index < -0.39 is 17.9 Å². The molecule has 1 aromatic carbocycles. The molecule has 1 unspecified atom stereocenters. The van der Waals surface area contributed by atoms with Crippen molar-refractivity contribution in [2.45, 2.75) is 39.8 Å². The van der Waals surface area contributed by atoms with E-state index in [1.807, 2.05) is 32.9 Å². The van der Waals surface area contributed by atoms with Crippen molar-refractivity contribution in [3.8, 4) is 0 Å². The highest BCUT2D eigenvalue weighted by Crippen LogP contribution is 2.16. The third-order valence-electron chi connectivity index (χ3n) is 3.01. The normalized spacial score (nSPS) is 12.0. The molecule has 104 valence electrons. The lowest BCUT2D eigenvalue weighted by Gasteiger charge is -2.14. The lowest BCUT2D eigenvalue weighted by atomic mass is 10.00. The fourth-order valence-electron chi connectivity index (χ4n) is 2.08. The Balaban J connectivity index is 2.67. The second-order valence-electron chi connectivity index (χ2n) is 4.80. The number of aliphatic carboxylic acids is 1. The van der Waals surface area contributed by atoms with Crippen LogP contribution in [0.1, 0.15) is 28.7 Å².